The zero-order valence-corrected chi connectivity index (χ0v) is 19.4. The first kappa shape index (κ1) is 23.2. The van der Waals surface area contributed by atoms with Crippen molar-refractivity contribution in [3.63, 3.8) is 0 Å². The molecule has 7 nitrogen and oxygen atoms in total. The molecule has 1 fully saturated rings. The van der Waals surface area contributed by atoms with Gasteiger partial charge in [0.15, 0.2) is 9.84 Å². The van der Waals surface area contributed by atoms with Crippen LogP contribution in [0, 0.1) is 5.82 Å². The van der Waals surface area contributed by atoms with Gasteiger partial charge in [-0.25, -0.2) is 21.2 Å². The lowest BCUT2D eigenvalue weighted by molar-refractivity contribution is 0.0659. The highest BCUT2D eigenvalue weighted by Crippen LogP contribution is 2.26. The van der Waals surface area contributed by atoms with Gasteiger partial charge in [0.05, 0.1) is 9.79 Å². The Hall–Kier alpha value is -2.95. The maximum atomic E-state index is 13.3. The molecule has 33 heavy (non-hydrogen) atoms. The van der Waals surface area contributed by atoms with E-state index in [0.717, 1.165) is 12.1 Å². The molecule has 1 aliphatic rings. The molecule has 3 aromatic carbocycles. The first-order chi connectivity index (χ1) is 15.6. The number of likely N-dealkylation sites (tertiary alicyclic amines) is 1. The molecule has 4 rings (SSSR count). The van der Waals surface area contributed by atoms with Crippen molar-refractivity contribution in [2.45, 2.75) is 15.0 Å². The summed E-state index contributed by atoms with van der Waals surface area (Å²) in [6.07, 6.45) is 0. The van der Waals surface area contributed by atoms with E-state index in [4.69, 9.17) is 11.6 Å². The fourth-order valence-corrected chi connectivity index (χ4v) is 6.20. The monoisotopic (exact) mass is 508 g/mol. The van der Waals surface area contributed by atoms with Crippen LogP contribution in [0.3, 0.4) is 0 Å². The Kier molecular flexibility index (Phi) is 6.17. The van der Waals surface area contributed by atoms with Crippen LogP contribution in [-0.4, -0.2) is 46.0 Å². The van der Waals surface area contributed by atoms with Gasteiger partial charge in [-0.3, -0.25) is 9.52 Å². The normalized spacial score (nSPS) is 14.5. The molecular weight excluding hydrogens is 491 g/mol. The van der Waals surface area contributed by atoms with Crippen molar-refractivity contribution in [3.05, 3.63) is 89.2 Å². The van der Waals surface area contributed by atoms with Gasteiger partial charge in [-0.2, -0.15) is 0 Å². The second-order valence-corrected chi connectivity index (χ2v) is 11.8. The highest BCUT2D eigenvalue weighted by molar-refractivity contribution is 7.92. The van der Waals surface area contributed by atoms with Crippen LogP contribution < -0.4 is 4.72 Å². The van der Waals surface area contributed by atoms with Crippen LogP contribution in [0.25, 0.3) is 0 Å². The summed E-state index contributed by atoms with van der Waals surface area (Å²) in [4.78, 5) is 14.0. The SMILES string of the molecule is O=C(c1ccc(NS(=O)(=O)c2cccc(F)c2)cc1)N1CC(S(=O)(=O)c2ccc(Cl)cc2)C1. The van der Waals surface area contributed by atoms with Crippen molar-refractivity contribution in [1.82, 2.24) is 4.90 Å². The molecule has 1 N–H and O–H groups in total. The standard InChI is InChI=1S/C22H18ClFN2O5S2/c23-16-6-10-19(11-7-16)32(28,29)21-13-26(14-21)22(27)15-4-8-18(9-5-15)25-33(30,31)20-3-1-2-17(24)12-20/h1-12,21,25H,13-14H2. The Morgan fingerprint density at radius 1 is 0.909 bits per heavy atom. The smallest absolute Gasteiger partial charge is 0.261 e. The average Bonchev–Trinajstić information content (AvgIpc) is 2.73. The van der Waals surface area contributed by atoms with E-state index < -0.39 is 30.9 Å². The third-order valence-corrected chi connectivity index (χ3v) is 8.94. The number of sulfonamides is 1. The number of sulfone groups is 1. The Morgan fingerprint density at radius 3 is 2.15 bits per heavy atom. The minimum Gasteiger partial charge on any atom is -0.336 e. The molecule has 0 unspecified atom stereocenters. The Labute approximate surface area is 195 Å². The number of hydrogen-bond donors (Lipinski definition) is 1. The molecular formula is C22H18ClFN2O5S2. The van der Waals surface area contributed by atoms with Gasteiger partial charge in [0.2, 0.25) is 0 Å². The molecule has 1 heterocycles. The number of anilines is 1. The molecule has 11 heteroatoms. The third kappa shape index (κ3) is 4.87. The summed E-state index contributed by atoms with van der Waals surface area (Å²) >= 11 is 5.81. The fraction of sp³-hybridized carbons (Fsp3) is 0.136. The van der Waals surface area contributed by atoms with Gasteiger partial charge in [0.25, 0.3) is 15.9 Å². The first-order valence-electron chi connectivity index (χ1n) is 9.73. The second-order valence-electron chi connectivity index (χ2n) is 7.47. The molecule has 0 atom stereocenters. The number of halogens is 2. The van der Waals surface area contributed by atoms with Gasteiger partial charge in [-0.1, -0.05) is 17.7 Å². The molecule has 0 bridgehead atoms. The van der Waals surface area contributed by atoms with Crippen molar-refractivity contribution in [3.8, 4) is 0 Å². The summed E-state index contributed by atoms with van der Waals surface area (Å²) in [6.45, 7) is 0.107. The van der Waals surface area contributed by atoms with Crippen molar-refractivity contribution >= 4 is 43.1 Å². The predicted octanol–water partition coefficient (Wildman–Crippen LogP) is 3.58. The maximum absolute atomic E-state index is 13.3. The molecule has 0 spiro atoms. The van der Waals surface area contributed by atoms with Crippen LogP contribution in [-0.2, 0) is 19.9 Å². The van der Waals surface area contributed by atoms with Crippen molar-refractivity contribution in [2.24, 2.45) is 0 Å². The Balaban J connectivity index is 1.40. The van der Waals surface area contributed by atoms with Crippen LogP contribution in [0.2, 0.25) is 5.02 Å². The van der Waals surface area contributed by atoms with E-state index in [2.05, 4.69) is 4.72 Å². The van der Waals surface area contributed by atoms with Crippen molar-refractivity contribution in [2.75, 3.05) is 17.8 Å². The zero-order chi connectivity index (χ0) is 23.8. The zero-order valence-electron chi connectivity index (χ0n) is 17.0. The lowest BCUT2D eigenvalue weighted by Crippen LogP contribution is -2.56. The van der Waals surface area contributed by atoms with Crippen LogP contribution in [0.1, 0.15) is 10.4 Å². The van der Waals surface area contributed by atoms with Crippen LogP contribution in [0.15, 0.2) is 82.6 Å². The van der Waals surface area contributed by atoms with Gasteiger partial charge in [-0.15, -0.1) is 0 Å². The Bertz CT molecular complexity index is 1400. The summed E-state index contributed by atoms with van der Waals surface area (Å²) in [6, 6.07) is 16.2. The quantitative estimate of drug-likeness (QED) is 0.548. The summed E-state index contributed by atoms with van der Waals surface area (Å²) in [5.74, 6) is -1.04. The molecule has 0 aromatic heterocycles. The molecule has 0 radical (unpaired) electrons. The van der Waals surface area contributed by atoms with E-state index in [1.807, 2.05) is 0 Å². The number of hydrogen-bond acceptors (Lipinski definition) is 5. The third-order valence-electron chi connectivity index (χ3n) is 5.21. The number of amides is 1. The van der Waals surface area contributed by atoms with Crippen LogP contribution in [0.4, 0.5) is 10.1 Å². The average molecular weight is 509 g/mol. The largest absolute Gasteiger partial charge is 0.336 e. The number of nitrogens with zero attached hydrogens (tertiary/aromatic N) is 1. The number of carbonyl (C=O) groups is 1. The van der Waals surface area contributed by atoms with E-state index in [-0.39, 0.29) is 40.0 Å². The summed E-state index contributed by atoms with van der Waals surface area (Å²) in [7, 11) is -7.57. The summed E-state index contributed by atoms with van der Waals surface area (Å²) in [5, 5.41) is -0.277. The molecule has 172 valence electrons. The number of rotatable bonds is 6. The molecule has 1 saturated heterocycles. The van der Waals surface area contributed by atoms with E-state index in [0.29, 0.717) is 5.02 Å². The van der Waals surface area contributed by atoms with Crippen LogP contribution >= 0.6 is 11.6 Å². The molecule has 1 aliphatic heterocycles. The number of nitrogens with one attached hydrogen (secondary N) is 1. The van der Waals surface area contributed by atoms with Crippen LogP contribution in [0.5, 0.6) is 0 Å². The summed E-state index contributed by atoms with van der Waals surface area (Å²) < 4.78 is 65.8. The van der Waals surface area contributed by atoms with Crippen molar-refractivity contribution in [1.29, 1.82) is 0 Å². The van der Waals surface area contributed by atoms with Gasteiger partial charge in [0.1, 0.15) is 11.1 Å². The molecule has 1 amide bonds. The molecule has 0 aliphatic carbocycles. The fourth-order valence-electron chi connectivity index (χ4n) is 3.33. The highest BCUT2D eigenvalue weighted by atomic mass is 35.5. The molecule has 3 aromatic rings. The lowest BCUT2D eigenvalue weighted by atomic mass is 10.1. The Morgan fingerprint density at radius 2 is 1.55 bits per heavy atom. The first-order valence-corrected chi connectivity index (χ1v) is 13.1. The van der Waals surface area contributed by atoms with Crippen molar-refractivity contribution < 1.29 is 26.0 Å². The summed E-state index contributed by atoms with van der Waals surface area (Å²) in [5.41, 5.74) is 0.480. The van der Waals surface area contributed by atoms with E-state index in [1.54, 1.807) is 0 Å². The highest BCUT2D eigenvalue weighted by Gasteiger charge is 2.40. The number of carbonyl (C=O) groups excluding carboxylic acids is 1. The topological polar surface area (TPSA) is 101 Å². The van der Waals surface area contributed by atoms with E-state index in [9.17, 15) is 26.0 Å². The second kappa shape index (κ2) is 8.77. The van der Waals surface area contributed by atoms with Gasteiger partial charge in [-0.05, 0) is 66.7 Å². The lowest BCUT2D eigenvalue weighted by Gasteiger charge is -2.38. The van der Waals surface area contributed by atoms with Gasteiger partial charge >= 0.3 is 0 Å². The minimum atomic E-state index is -3.99. The number of benzene rings is 3. The minimum absolute atomic E-state index is 0.0533. The predicted molar refractivity (Wildman–Crippen MR) is 122 cm³/mol. The van der Waals surface area contributed by atoms with E-state index >= 15 is 0 Å². The molecule has 0 saturated carbocycles. The van der Waals surface area contributed by atoms with E-state index in [1.165, 1.54) is 65.6 Å². The maximum Gasteiger partial charge on any atom is 0.261 e. The van der Waals surface area contributed by atoms with Gasteiger partial charge < -0.3 is 4.90 Å². The van der Waals surface area contributed by atoms with Gasteiger partial charge in [0, 0.05) is 29.4 Å².